The quantitative estimate of drug-likeness (QED) is 0.291. The first-order valence-corrected chi connectivity index (χ1v) is 10.7. The largest absolute Gasteiger partial charge is 0.343 e. The van der Waals surface area contributed by atoms with Crippen LogP contribution in [0.2, 0.25) is 0 Å². The molecule has 0 atom stereocenters. The maximum atomic E-state index is 12.4. The zero-order chi connectivity index (χ0) is 23.3. The number of aromatic amines is 1. The zero-order valence-corrected chi connectivity index (χ0v) is 18.1. The van der Waals surface area contributed by atoms with Crippen LogP contribution in [0.5, 0.6) is 0 Å². The number of nitrogens with zero attached hydrogens (tertiary/aromatic N) is 4. The molecular formula is C27H20N6O. The van der Waals surface area contributed by atoms with Crippen LogP contribution < -0.4 is 11.0 Å². The van der Waals surface area contributed by atoms with Crippen LogP contribution in [0.1, 0.15) is 16.7 Å². The lowest BCUT2D eigenvalue weighted by Gasteiger charge is -2.07. The van der Waals surface area contributed by atoms with Crippen molar-refractivity contribution in [3.05, 3.63) is 118 Å². The van der Waals surface area contributed by atoms with Gasteiger partial charge in [0.05, 0.1) is 11.9 Å². The predicted molar refractivity (Wildman–Crippen MR) is 134 cm³/mol. The molecule has 5 aromatic rings. The molecule has 0 aliphatic heterocycles. The molecule has 2 heterocycles. The number of benzene rings is 3. The first kappa shape index (κ1) is 20.9. The van der Waals surface area contributed by atoms with Crippen LogP contribution >= 0.6 is 0 Å². The molecule has 164 valence electrons. The van der Waals surface area contributed by atoms with E-state index in [9.17, 15) is 10.1 Å². The normalized spacial score (nSPS) is 11.0. The zero-order valence-electron chi connectivity index (χ0n) is 18.1. The summed E-state index contributed by atoms with van der Waals surface area (Å²) in [5.74, 6) is 0.160. The van der Waals surface area contributed by atoms with Gasteiger partial charge in [0.2, 0.25) is 5.95 Å². The summed E-state index contributed by atoms with van der Waals surface area (Å²) in [5.41, 5.74) is 6.44. The summed E-state index contributed by atoms with van der Waals surface area (Å²) in [6.07, 6.45) is 3.74. The molecule has 7 heteroatoms. The molecule has 7 nitrogen and oxygen atoms in total. The number of H-pyrrole nitrogens is 1. The van der Waals surface area contributed by atoms with Gasteiger partial charge in [-0.2, -0.15) is 10.4 Å². The van der Waals surface area contributed by atoms with Crippen molar-refractivity contribution in [2.45, 2.75) is 6.54 Å². The average molecular weight is 444 g/mol. The van der Waals surface area contributed by atoms with Crippen LogP contribution in [0.3, 0.4) is 0 Å². The highest BCUT2D eigenvalue weighted by molar-refractivity contribution is 5.89. The van der Waals surface area contributed by atoms with Gasteiger partial charge in [-0.3, -0.25) is 9.78 Å². The molecule has 0 fully saturated rings. The van der Waals surface area contributed by atoms with Crippen molar-refractivity contribution in [1.82, 2.24) is 14.5 Å². The molecule has 0 aliphatic rings. The molecule has 0 saturated heterocycles. The number of hydrogen-bond acceptors (Lipinski definition) is 5. The number of nitrogens with one attached hydrogen (secondary N) is 2. The summed E-state index contributed by atoms with van der Waals surface area (Å²) in [6.45, 7) is 0.780. The van der Waals surface area contributed by atoms with Crippen LogP contribution in [0.25, 0.3) is 22.2 Å². The number of fused-ring (bicyclic) bond motifs is 1. The molecular weight excluding hydrogens is 424 g/mol. The van der Waals surface area contributed by atoms with Gasteiger partial charge in [-0.15, -0.1) is 0 Å². The van der Waals surface area contributed by atoms with E-state index in [1.807, 2.05) is 54.6 Å². The van der Waals surface area contributed by atoms with Crippen molar-refractivity contribution in [1.29, 1.82) is 5.26 Å². The van der Waals surface area contributed by atoms with Crippen LogP contribution in [0, 0.1) is 11.3 Å². The van der Waals surface area contributed by atoms with Crippen molar-refractivity contribution in [3.8, 4) is 17.3 Å². The van der Waals surface area contributed by atoms with E-state index >= 15 is 0 Å². The van der Waals surface area contributed by atoms with Gasteiger partial charge in [0.15, 0.2) is 0 Å². The highest BCUT2D eigenvalue weighted by atomic mass is 16.1. The van der Waals surface area contributed by atoms with E-state index in [-0.39, 0.29) is 11.5 Å². The molecule has 5 rings (SSSR count). The van der Waals surface area contributed by atoms with E-state index in [1.165, 1.54) is 5.56 Å². The number of nitriles is 1. The number of hydrazone groups is 1. The Morgan fingerprint density at radius 1 is 1.03 bits per heavy atom. The fraction of sp³-hybridized carbons (Fsp3) is 0.0370. The van der Waals surface area contributed by atoms with Gasteiger partial charge >= 0.3 is 0 Å². The Bertz CT molecular complexity index is 1580. The summed E-state index contributed by atoms with van der Waals surface area (Å²) < 4.78 is 2.20. The smallest absolute Gasteiger partial charge is 0.270 e. The Hall–Kier alpha value is -4.96. The first-order valence-electron chi connectivity index (χ1n) is 10.7. The Morgan fingerprint density at radius 3 is 2.56 bits per heavy atom. The monoisotopic (exact) mass is 444 g/mol. The molecule has 0 saturated carbocycles. The minimum atomic E-state index is -0.519. The van der Waals surface area contributed by atoms with E-state index in [4.69, 9.17) is 0 Å². The third-order valence-electron chi connectivity index (χ3n) is 5.46. The van der Waals surface area contributed by atoms with Crippen molar-refractivity contribution in [3.63, 3.8) is 0 Å². The summed E-state index contributed by atoms with van der Waals surface area (Å²) in [5, 5.41) is 14.8. The van der Waals surface area contributed by atoms with Gasteiger partial charge in [-0.1, -0.05) is 72.8 Å². The second-order valence-corrected chi connectivity index (χ2v) is 7.73. The topological polar surface area (TPSA) is 98.9 Å². The van der Waals surface area contributed by atoms with E-state index < -0.39 is 5.56 Å². The lowest BCUT2D eigenvalue weighted by atomic mass is 10.1. The highest BCUT2D eigenvalue weighted by Crippen LogP contribution is 2.20. The summed E-state index contributed by atoms with van der Waals surface area (Å²) in [7, 11) is 0. The molecule has 3 aromatic carbocycles. The van der Waals surface area contributed by atoms with Gasteiger partial charge in [0.1, 0.15) is 11.6 Å². The average Bonchev–Trinajstić information content (AvgIpc) is 3.27. The minimum absolute atomic E-state index is 0.0367. The predicted octanol–water partition coefficient (Wildman–Crippen LogP) is 4.76. The number of aromatic nitrogens is 3. The van der Waals surface area contributed by atoms with Crippen LogP contribution in [-0.2, 0) is 6.54 Å². The van der Waals surface area contributed by atoms with Gasteiger partial charge in [0, 0.05) is 23.8 Å². The van der Waals surface area contributed by atoms with Crippen LogP contribution in [0.4, 0.5) is 5.95 Å². The van der Waals surface area contributed by atoms with E-state index in [0.717, 1.165) is 23.0 Å². The maximum Gasteiger partial charge on any atom is 0.270 e. The molecule has 2 aromatic heterocycles. The lowest BCUT2D eigenvalue weighted by molar-refractivity contribution is 0.837. The van der Waals surface area contributed by atoms with Crippen molar-refractivity contribution in [2.75, 3.05) is 5.43 Å². The molecule has 0 spiro atoms. The fourth-order valence-electron chi connectivity index (χ4n) is 3.80. The minimum Gasteiger partial charge on any atom is -0.343 e. The molecule has 34 heavy (non-hydrogen) atoms. The van der Waals surface area contributed by atoms with Crippen LogP contribution in [0.15, 0.2) is 101 Å². The van der Waals surface area contributed by atoms with Gasteiger partial charge < -0.3 is 4.57 Å². The maximum absolute atomic E-state index is 12.4. The van der Waals surface area contributed by atoms with E-state index in [2.05, 4.69) is 55.5 Å². The summed E-state index contributed by atoms with van der Waals surface area (Å²) >= 11 is 0. The van der Waals surface area contributed by atoms with Crippen molar-refractivity contribution < 1.29 is 0 Å². The van der Waals surface area contributed by atoms with Crippen molar-refractivity contribution >= 4 is 23.1 Å². The standard InChI is InChI=1S/C27H20N6O/c28-16-23-25(22-9-5-2-6-10-22)30-27(31-26(23)34)32-29-17-20-11-12-21-13-14-33(24(21)15-20)18-19-7-3-1-4-8-19/h1-15,17H,18H2,(H2,30,31,32,34). The number of hydrogen-bond donors (Lipinski definition) is 2. The third kappa shape index (κ3) is 4.33. The second-order valence-electron chi connectivity index (χ2n) is 7.73. The molecule has 0 unspecified atom stereocenters. The number of rotatable bonds is 6. The Morgan fingerprint density at radius 2 is 1.79 bits per heavy atom. The molecule has 0 bridgehead atoms. The molecule has 0 amide bonds. The highest BCUT2D eigenvalue weighted by Gasteiger charge is 2.12. The van der Waals surface area contributed by atoms with Gasteiger partial charge in [-0.25, -0.2) is 10.4 Å². The molecule has 0 radical (unpaired) electrons. The SMILES string of the molecule is N#Cc1c(-c2ccccc2)nc(NN=Cc2ccc3ccn(Cc4ccccc4)c3c2)[nH]c1=O. The third-order valence-corrected chi connectivity index (χ3v) is 5.46. The van der Waals surface area contributed by atoms with E-state index in [1.54, 1.807) is 18.3 Å². The van der Waals surface area contributed by atoms with Gasteiger partial charge in [0.25, 0.3) is 5.56 Å². The van der Waals surface area contributed by atoms with E-state index in [0.29, 0.717) is 11.3 Å². The fourth-order valence-corrected chi connectivity index (χ4v) is 3.80. The summed E-state index contributed by atoms with van der Waals surface area (Å²) in [6, 6.07) is 29.5. The van der Waals surface area contributed by atoms with Crippen molar-refractivity contribution in [2.24, 2.45) is 5.10 Å². The van der Waals surface area contributed by atoms with Crippen LogP contribution in [-0.4, -0.2) is 20.7 Å². The Labute approximate surface area is 195 Å². The molecule has 0 aliphatic carbocycles. The number of anilines is 1. The second kappa shape index (κ2) is 9.27. The lowest BCUT2D eigenvalue weighted by Crippen LogP contribution is -2.16. The summed E-state index contributed by atoms with van der Waals surface area (Å²) in [4.78, 5) is 19.4. The Kier molecular flexibility index (Phi) is 5.70. The first-order chi connectivity index (χ1) is 16.7. The molecule has 2 N–H and O–H groups in total. The van der Waals surface area contributed by atoms with Gasteiger partial charge in [-0.05, 0) is 28.6 Å². The Balaban J connectivity index is 1.39.